The normalized spacial score (nSPS) is 9.19. The predicted octanol–water partition coefficient (Wildman–Crippen LogP) is 3.69. The third kappa shape index (κ3) is 8.89. The lowest BCUT2D eigenvalue weighted by Gasteiger charge is -1.95. The summed E-state index contributed by atoms with van der Waals surface area (Å²) in [5.74, 6) is 0. The molecule has 0 aromatic heterocycles. The Balaban J connectivity index is 0.000000293. The van der Waals surface area contributed by atoms with Crippen LogP contribution in [0.15, 0.2) is 30.3 Å². The van der Waals surface area contributed by atoms with E-state index >= 15 is 0 Å². The van der Waals surface area contributed by atoms with Gasteiger partial charge in [-0.2, -0.15) is 0 Å². The molecule has 0 bridgehead atoms. The molecule has 1 nitrogen and oxygen atoms in total. The Bertz CT molecular complexity index is 269. The highest BCUT2D eigenvalue weighted by molar-refractivity contribution is 8.11. The fourth-order valence-corrected chi connectivity index (χ4v) is 1.34. The summed E-state index contributed by atoms with van der Waals surface area (Å²) in [5, 5.41) is 3.28. The Morgan fingerprint density at radius 2 is 1.62 bits per heavy atom. The van der Waals surface area contributed by atoms with Gasteiger partial charge in [0.2, 0.25) is 0 Å². The zero-order valence-corrected chi connectivity index (χ0v) is 11.8. The van der Waals surface area contributed by atoms with Crippen LogP contribution in [0.3, 0.4) is 0 Å². The maximum Gasteiger partial charge on any atom is 0.0747 e. The molecule has 0 saturated carbocycles. The van der Waals surface area contributed by atoms with Crippen LogP contribution < -0.4 is 5.32 Å². The summed E-state index contributed by atoms with van der Waals surface area (Å²) >= 11 is 8.85. The smallest absolute Gasteiger partial charge is 0.0747 e. The molecule has 0 saturated heterocycles. The fraction of sp³-hybridized carbons (Fsp3) is 0.462. The highest BCUT2D eigenvalue weighted by Crippen LogP contribution is 2.02. The molecule has 0 unspecified atom stereocenters. The van der Waals surface area contributed by atoms with E-state index in [1.54, 1.807) is 0 Å². The number of thiocarbonyl (C=S) groups is 1. The van der Waals surface area contributed by atoms with Crippen molar-refractivity contribution in [2.45, 2.75) is 26.7 Å². The molecule has 90 valence electrons. The molecule has 0 amide bonds. The molecule has 0 aliphatic heterocycles. The van der Waals surface area contributed by atoms with Crippen molar-refractivity contribution < 1.29 is 0 Å². The van der Waals surface area contributed by atoms with Crippen molar-refractivity contribution in [1.82, 2.24) is 5.32 Å². The molecule has 0 aliphatic rings. The summed E-state index contributed by atoms with van der Waals surface area (Å²) in [6.07, 6.45) is 2.50. The first-order valence-electron chi connectivity index (χ1n) is 5.71. The van der Waals surface area contributed by atoms with Crippen LogP contribution in [0.5, 0.6) is 0 Å². The zero-order valence-electron chi connectivity index (χ0n) is 10.1. The van der Waals surface area contributed by atoms with Gasteiger partial charge >= 0.3 is 0 Å². The Morgan fingerprint density at radius 3 is 1.94 bits per heavy atom. The summed E-state index contributed by atoms with van der Waals surface area (Å²) in [6.45, 7) is 6.72. The Kier molecular flexibility index (Phi) is 10.9. The highest BCUT2D eigenvalue weighted by atomic mass is 32.1. The van der Waals surface area contributed by atoms with Crippen LogP contribution in [0.2, 0.25) is 0 Å². The highest BCUT2D eigenvalue weighted by Gasteiger charge is 1.89. The minimum atomic E-state index is 0.649. The summed E-state index contributed by atoms with van der Waals surface area (Å²) in [6, 6.07) is 9.72. The van der Waals surface area contributed by atoms with Gasteiger partial charge in [0.15, 0.2) is 0 Å². The van der Waals surface area contributed by atoms with E-state index in [-0.39, 0.29) is 0 Å². The second kappa shape index (κ2) is 11.1. The van der Waals surface area contributed by atoms with Crippen molar-refractivity contribution in [1.29, 1.82) is 0 Å². The number of nitrogens with one attached hydrogen (secondary N) is 1. The first-order valence-corrected chi connectivity index (χ1v) is 6.57. The largest absolute Gasteiger partial charge is 0.317 e. The number of thiol groups is 1. The molecule has 1 aromatic rings. The van der Waals surface area contributed by atoms with Gasteiger partial charge in [0.25, 0.3) is 0 Å². The number of benzene rings is 1. The van der Waals surface area contributed by atoms with Crippen molar-refractivity contribution in [2.75, 3.05) is 13.1 Å². The van der Waals surface area contributed by atoms with Gasteiger partial charge in [-0.1, -0.05) is 56.4 Å². The maximum absolute atomic E-state index is 4.83. The molecule has 0 spiro atoms. The summed E-state index contributed by atoms with van der Waals surface area (Å²) in [4.78, 5) is 0. The SMILES string of the molecule is CCCNCCC.S=C(S)c1ccccc1. The van der Waals surface area contributed by atoms with E-state index in [1.165, 1.54) is 25.9 Å². The molecule has 1 rings (SSSR count). The second-order valence-corrected chi connectivity index (χ2v) is 4.58. The van der Waals surface area contributed by atoms with Gasteiger partial charge in [0.05, 0.1) is 4.20 Å². The third-order valence-electron chi connectivity index (χ3n) is 1.87. The minimum Gasteiger partial charge on any atom is -0.317 e. The standard InChI is InChI=1S/C7H6S2.C6H15N/c8-7(9)6-4-2-1-3-5-6;1-3-5-7-6-4-2/h1-5H,(H,8,9);7H,3-6H2,1-2H3. The minimum absolute atomic E-state index is 0.649. The van der Waals surface area contributed by atoms with Gasteiger partial charge in [-0.15, -0.1) is 12.6 Å². The number of hydrogen-bond acceptors (Lipinski definition) is 2. The molecule has 1 aromatic carbocycles. The van der Waals surface area contributed by atoms with E-state index in [9.17, 15) is 0 Å². The first-order chi connectivity index (χ1) is 7.72. The predicted molar refractivity (Wildman–Crippen MR) is 80.6 cm³/mol. The van der Waals surface area contributed by atoms with Gasteiger partial charge in [0, 0.05) is 0 Å². The number of rotatable bonds is 5. The van der Waals surface area contributed by atoms with Crippen LogP contribution in [0.1, 0.15) is 32.3 Å². The van der Waals surface area contributed by atoms with Crippen molar-refractivity contribution in [3.63, 3.8) is 0 Å². The molecule has 1 N–H and O–H groups in total. The van der Waals surface area contributed by atoms with Crippen LogP contribution in [0.4, 0.5) is 0 Å². The average Bonchev–Trinajstić information content (AvgIpc) is 2.32. The Labute approximate surface area is 110 Å². The summed E-state index contributed by atoms with van der Waals surface area (Å²) < 4.78 is 0.649. The van der Waals surface area contributed by atoms with Gasteiger partial charge in [-0.3, -0.25) is 0 Å². The molecule has 16 heavy (non-hydrogen) atoms. The molecular formula is C13H21NS2. The van der Waals surface area contributed by atoms with E-state index in [2.05, 4.69) is 31.8 Å². The average molecular weight is 255 g/mol. The quantitative estimate of drug-likeness (QED) is 0.473. The maximum atomic E-state index is 4.83. The van der Waals surface area contributed by atoms with Gasteiger partial charge in [0.1, 0.15) is 0 Å². The van der Waals surface area contributed by atoms with Crippen LogP contribution in [-0.2, 0) is 0 Å². The topological polar surface area (TPSA) is 12.0 Å². The first kappa shape index (κ1) is 15.6. The lowest BCUT2D eigenvalue weighted by Crippen LogP contribution is -2.14. The fourth-order valence-electron chi connectivity index (χ4n) is 1.06. The van der Waals surface area contributed by atoms with Crippen molar-refractivity contribution in [3.05, 3.63) is 35.9 Å². The molecular weight excluding hydrogens is 234 g/mol. The van der Waals surface area contributed by atoms with Gasteiger partial charge < -0.3 is 5.32 Å². The lowest BCUT2D eigenvalue weighted by molar-refractivity contribution is 0.662. The number of hydrogen-bond donors (Lipinski definition) is 2. The zero-order chi connectivity index (χ0) is 12.2. The Hall–Kier alpha value is -0.380. The van der Waals surface area contributed by atoms with Gasteiger partial charge in [-0.25, -0.2) is 0 Å². The molecule has 3 heteroatoms. The molecule has 0 fully saturated rings. The van der Waals surface area contributed by atoms with Crippen molar-refractivity contribution in [2.24, 2.45) is 0 Å². The summed E-state index contributed by atoms with van der Waals surface area (Å²) in [7, 11) is 0. The van der Waals surface area contributed by atoms with E-state index < -0.39 is 0 Å². The van der Waals surface area contributed by atoms with E-state index in [0.29, 0.717) is 4.20 Å². The summed E-state index contributed by atoms with van der Waals surface area (Å²) in [5.41, 5.74) is 1.01. The van der Waals surface area contributed by atoms with Crippen LogP contribution in [-0.4, -0.2) is 17.3 Å². The van der Waals surface area contributed by atoms with Crippen LogP contribution in [0.25, 0.3) is 0 Å². The monoisotopic (exact) mass is 255 g/mol. The van der Waals surface area contributed by atoms with E-state index in [0.717, 1.165) is 5.56 Å². The van der Waals surface area contributed by atoms with Crippen LogP contribution in [0, 0.1) is 0 Å². The van der Waals surface area contributed by atoms with Crippen molar-refractivity contribution >= 4 is 29.0 Å². The second-order valence-electron chi connectivity index (χ2n) is 3.42. The molecule has 0 atom stereocenters. The molecule has 0 heterocycles. The lowest BCUT2D eigenvalue weighted by atomic mass is 10.2. The molecule has 0 aliphatic carbocycles. The third-order valence-corrected chi connectivity index (χ3v) is 2.37. The van der Waals surface area contributed by atoms with E-state index in [4.69, 9.17) is 12.2 Å². The van der Waals surface area contributed by atoms with Gasteiger partial charge in [-0.05, 0) is 31.5 Å². The molecule has 0 radical (unpaired) electrons. The van der Waals surface area contributed by atoms with Crippen LogP contribution >= 0.6 is 24.8 Å². The van der Waals surface area contributed by atoms with Crippen molar-refractivity contribution in [3.8, 4) is 0 Å². The Morgan fingerprint density at radius 1 is 1.12 bits per heavy atom. The van der Waals surface area contributed by atoms with E-state index in [1.807, 2.05) is 30.3 Å².